The van der Waals surface area contributed by atoms with Gasteiger partial charge in [-0.15, -0.1) is 0 Å². The highest BCUT2D eigenvalue weighted by Crippen LogP contribution is 2.23. The SMILES string of the molecule is C=C(O)[C@@H]1CCCN1C(=O)[C@H](Cc1ccccc1)NC(=O)OCc1ccccc1. The molecule has 2 N–H and O–H groups in total. The lowest BCUT2D eigenvalue weighted by Crippen LogP contribution is -2.51. The van der Waals surface area contributed by atoms with Gasteiger partial charge in [-0.25, -0.2) is 4.79 Å². The topological polar surface area (TPSA) is 78.9 Å². The van der Waals surface area contributed by atoms with Crippen LogP contribution >= 0.6 is 0 Å². The maximum absolute atomic E-state index is 13.2. The van der Waals surface area contributed by atoms with Crippen molar-refractivity contribution < 1.29 is 19.4 Å². The average molecular weight is 394 g/mol. The molecule has 3 rings (SSSR count). The Morgan fingerprint density at radius 1 is 1.10 bits per heavy atom. The van der Waals surface area contributed by atoms with Crippen LogP contribution in [0.5, 0.6) is 0 Å². The van der Waals surface area contributed by atoms with Crippen molar-refractivity contribution >= 4 is 12.0 Å². The molecule has 2 aromatic rings. The van der Waals surface area contributed by atoms with Crippen molar-refractivity contribution in [1.29, 1.82) is 0 Å². The maximum atomic E-state index is 13.2. The summed E-state index contributed by atoms with van der Waals surface area (Å²) in [6.07, 6.45) is 1.13. The second-order valence-corrected chi connectivity index (χ2v) is 7.13. The summed E-state index contributed by atoms with van der Waals surface area (Å²) in [5.74, 6) is -0.274. The van der Waals surface area contributed by atoms with Gasteiger partial charge in [-0.2, -0.15) is 0 Å². The van der Waals surface area contributed by atoms with E-state index in [2.05, 4.69) is 11.9 Å². The number of ether oxygens (including phenoxy) is 1. The highest BCUT2D eigenvalue weighted by atomic mass is 16.5. The van der Waals surface area contributed by atoms with Gasteiger partial charge < -0.3 is 20.1 Å². The molecule has 0 unspecified atom stereocenters. The van der Waals surface area contributed by atoms with Crippen LogP contribution in [0.15, 0.2) is 73.0 Å². The number of aliphatic hydroxyl groups excluding tert-OH is 1. The summed E-state index contributed by atoms with van der Waals surface area (Å²) in [6, 6.07) is 17.6. The number of rotatable bonds is 7. The van der Waals surface area contributed by atoms with Gasteiger partial charge in [0.2, 0.25) is 5.91 Å². The summed E-state index contributed by atoms with van der Waals surface area (Å²) < 4.78 is 5.30. The smallest absolute Gasteiger partial charge is 0.408 e. The quantitative estimate of drug-likeness (QED) is 0.704. The lowest BCUT2D eigenvalue weighted by molar-refractivity contribution is -0.134. The zero-order chi connectivity index (χ0) is 20.6. The molecule has 1 aliphatic heterocycles. The molecule has 29 heavy (non-hydrogen) atoms. The van der Waals surface area contributed by atoms with Crippen molar-refractivity contribution in [3.8, 4) is 0 Å². The Balaban J connectivity index is 1.69. The van der Waals surface area contributed by atoms with E-state index in [0.717, 1.165) is 17.5 Å². The minimum atomic E-state index is -0.791. The highest BCUT2D eigenvalue weighted by Gasteiger charge is 2.35. The Labute approximate surface area is 170 Å². The van der Waals surface area contributed by atoms with E-state index in [1.165, 1.54) is 0 Å². The number of hydrogen-bond acceptors (Lipinski definition) is 4. The number of alkyl carbamates (subject to hydrolysis) is 1. The molecule has 0 bridgehead atoms. The second kappa shape index (κ2) is 9.78. The molecule has 6 nitrogen and oxygen atoms in total. The zero-order valence-electron chi connectivity index (χ0n) is 16.3. The van der Waals surface area contributed by atoms with Crippen LogP contribution in [0.4, 0.5) is 4.79 Å². The number of benzene rings is 2. The number of hydrogen-bond donors (Lipinski definition) is 2. The Morgan fingerprint density at radius 2 is 1.72 bits per heavy atom. The van der Waals surface area contributed by atoms with E-state index in [1.807, 2.05) is 60.7 Å². The molecule has 2 amide bonds. The van der Waals surface area contributed by atoms with Crippen molar-refractivity contribution in [2.45, 2.75) is 38.0 Å². The average Bonchev–Trinajstić information content (AvgIpc) is 3.23. The van der Waals surface area contributed by atoms with E-state index in [0.29, 0.717) is 19.4 Å². The summed E-state index contributed by atoms with van der Waals surface area (Å²) >= 11 is 0. The monoisotopic (exact) mass is 394 g/mol. The first kappa shape index (κ1) is 20.5. The number of nitrogens with zero attached hydrogens (tertiary/aromatic N) is 1. The molecule has 1 fully saturated rings. The van der Waals surface area contributed by atoms with Gasteiger partial charge in [0.15, 0.2) is 0 Å². The van der Waals surface area contributed by atoms with E-state index in [1.54, 1.807) is 4.90 Å². The molecule has 0 aliphatic carbocycles. The molecule has 0 saturated carbocycles. The molecule has 1 heterocycles. The first-order valence-electron chi connectivity index (χ1n) is 9.74. The molecule has 0 radical (unpaired) electrons. The number of carbonyl (C=O) groups is 2. The fraction of sp³-hybridized carbons (Fsp3) is 0.304. The Kier molecular flexibility index (Phi) is 6.89. The van der Waals surface area contributed by atoms with Gasteiger partial charge >= 0.3 is 6.09 Å². The molecule has 6 heteroatoms. The van der Waals surface area contributed by atoms with Crippen LogP contribution in [0.3, 0.4) is 0 Å². The second-order valence-electron chi connectivity index (χ2n) is 7.13. The normalized spacial score (nSPS) is 16.8. The van der Waals surface area contributed by atoms with Gasteiger partial charge in [-0.05, 0) is 24.0 Å². The minimum absolute atomic E-state index is 0.0269. The summed E-state index contributed by atoms with van der Waals surface area (Å²) in [4.78, 5) is 27.1. The van der Waals surface area contributed by atoms with Crippen LogP contribution in [0.2, 0.25) is 0 Å². The van der Waals surface area contributed by atoms with Crippen molar-refractivity contribution in [1.82, 2.24) is 10.2 Å². The van der Waals surface area contributed by atoms with Crippen LogP contribution in [0.25, 0.3) is 0 Å². The van der Waals surface area contributed by atoms with Crippen LogP contribution in [0.1, 0.15) is 24.0 Å². The van der Waals surface area contributed by atoms with Crippen LogP contribution in [0, 0.1) is 0 Å². The molecule has 2 atom stereocenters. The summed E-state index contributed by atoms with van der Waals surface area (Å²) in [5.41, 5.74) is 1.79. The number of aliphatic hydroxyl groups is 1. The summed E-state index contributed by atoms with van der Waals surface area (Å²) in [6.45, 7) is 4.23. The minimum Gasteiger partial charge on any atom is -0.511 e. The third-order valence-electron chi connectivity index (χ3n) is 5.01. The van der Waals surface area contributed by atoms with Crippen molar-refractivity contribution in [2.24, 2.45) is 0 Å². The van der Waals surface area contributed by atoms with Crippen LogP contribution in [-0.4, -0.2) is 40.6 Å². The fourth-order valence-corrected chi connectivity index (χ4v) is 3.53. The third-order valence-corrected chi connectivity index (χ3v) is 5.01. The maximum Gasteiger partial charge on any atom is 0.408 e. The standard InChI is InChI=1S/C23H26N2O4/c1-17(26)21-13-8-14-25(21)22(27)20(15-18-9-4-2-5-10-18)24-23(28)29-16-19-11-6-3-7-12-19/h2-7,9-12,20-21,26H,1,8,13-16H2,(H,24,28)/t20-,21-/m0/s1. The van der Waals surface area contributed by atoms with Gasteiger partial charge in [-0.1, -0.05) is 67.2 Å². The predicted octanol–water partition coefficient (Wildman–Crippen LogP) is 3.59. The largest absolute Gasteiger partial charge is 0.511 e. The number of likely N-dealkylation sites (tertiary alicyclic amines) is 1. The number of carbonyl (C=O) groups excluding carboxylic acids is 2. The Bertz CT molecular complexity index is 838. The van der Waals surface area contributed by atoms with Crippen LogP contribution in [-0.2, 0) is 22.6 Å². The molecule has 0 aromatic heterocycles. The summed E-state index contributed by atoms with van der Waals surface area (Å²) in [7, 11) is 0. The molecule has 1 saturated heterocycles. The molecular formula is C23H26N2O4. The number of amides is 2. The predicted molar refractivity (Wildman–Crippen MR) is 110 cm³/mol. The molecule has 1 aliphatic rings. The lowest BCUT2D eigenvalue weighted by atomic mass is 10.0. The first-order valence-corrected chi connectivity index (χ1v) is 9.74. The van der Waals surface area contributed by atoms with Crippen molar-refractivity contribution in [2.75, 3.05) is 6.54 Å². The van der Waals surface area contributed by atoms with Crippen molar-refractivity contribution in [3.63, 3.8) is 0 Å². The first-order chi connectivity index (χ1) is 14.0. The molecule has 0 spiro atoms. The van der Waals surface area contributed by atoms with Gasteiger partial charge in [0.1, 0.15) is 18.4 Å². The Hall–Kier alpha value is -3.28. The third kappa shape index (κ3) is 5.60. The molecular weight excluding hydrogens is 368 g/mol. The zero-order valence-corrected chi connectivity index (χ0v) is 16.3. The van der Waals surface area contributed by atoms with Gasteiger partial charge in [0.05, 0.1) is 6.04 Å². The van der Waals surface area contributed by atoms with E-state index in [-0.39, 0.29) is 18.3 Å². The highest BCUT2D eigenvalue weighted by molar-refractivity contribution is 5.86. The van der Waals surface area contributed by atoms with E-state index < -0.39 is 18.2 Å². The lowest BCUT2D eigenvalue weighted by Gasteiger charge is -2.28. The van der Waals surface area contributed by atoms with E-state index >= 15 is 0 Å². The molecule has 152 valence electrons. The van der Waals surface area contributed by atoms with Crippen LogP contribution < -0.4 is 5.32 Å². The Morgan fingerprint density at radius 3 is 2.34 bits per heavy atom. The summed E-state index contributed by atoms with van der Waals surface area (Å²) in [5, 5.41) is 12.5. The van der Waals surface area contributed by atoms with Gasteiger partial charge in [0.25, 0.3) is 0 Å². The van der Waals surface area contributed by atoms with Gasteiger partial charge in [-0.3, -0.25) is 4.79 Å². The van der Waals surface area contributed by atoms with Crippen molar-refractivity contribution in [3.05, 3.63) is 84.1 Å². The fourth-order valence-electron chi connectivity index (χ4n) is 3.53. The van der Waals surface area contributed by atoms with Gasteiger partial charge in [0, 0.05) is 13.0 Å². The number of nitrogens with one attached hydrogen (secondary N) is 1. The van der Waals surface area contributed by atoms with E-state index in [9.17, 15) is 14.7 Å². The van der Waals surface area contributed by atoms with E-state index in [4.69, 9.17) is 4.74 Å². The molecule has 2 aromatic carbocycles.